The Bertz CT molecular complexity index is 842. The lowest BCUT2D eigenvalue weighted by molar-refractivity contribution is -0.143. The van der Waals surface area contributed by atoms with Crippen LogP contribution in [0.25, 0.3) is 0 Å². The normalized spacial score (nSPS) is 12.6. The highest BCUT2D eigenvalue weighted by molar-refractivity contribution is 5.90. The molecule has 0 aliphatic carbocycles. The molecule has 0 bridgehead atoms. The minimum atomic E-state index is -1.23. The van der Waals surface area contributed by atoms with Crippen molar-refractivity contribution in [2.75, 3.05) is 6.54 Å². The highest BCUT2D eigenvalue weighted by Gasteiger charge is 2.24. The van der Waals surface area contributed by atoms with E-state index in [9.17, 15) is 28.8 Å². The standard InChI is InChI=1S/C20H38N2O4.C10H20N4O4/c1-2-3-4-5-6-7-8-9-10-11-12-13-14-15-19(24)22-17(20(25)26)16-18(21)23;11-4-2-1-3-7(10(17)18)14-9(16)6(12)5-8(13)15/h17H,2-16H2,1H3,(H2,21,23)(H,22,24)(H,25,26);6-7H,1-5,11-12H2,(H2,13,15)(H,14,16)(H,17,18)/t17-;6-,7-/m00/s1. The van der Waals surface area contributed by atoms with Crippen LogP contribution in [0.4, 0.5) is 0 Å². The van der Waals surface area contributed by atoms with Crippen molar-refractivity contribution >= 4 is 35.6 Å². The molecule has 0 aliphatic heterocycles. The topological polar surface area (TPSA) is 271 Å². The van der Waals surface area contributed by atoms with Gasteiger partial charge in [0.1, 0.15) is 12.1 Å². The van der Waals surface area contributed by atoms with E-state index in [0.717, 1.165) is 19.3 Å². The maximum absolute atomic E-state index is 11.7. The van der Waals surface area contributed by atoms with E-state index < -0.39 is 47.8 Å². The molecule has 0 aromatic carbocycles. The number of nitrogens with two attached hydrogens (primary N) is 4. The molecule has 0 radical (unpaired) electrons. The number of nitrogens with one attached hydrogen (secondary N) is 2. The van der Waals surface area contributed by atoms with Gasteiger partial charge in [0.25, 0.3) is 0 Å². The van der Waals surface area contributed by atoms with Crippen LogP contribution in [0.15, 0.2) is 0 Å². The fraction of sp³-hybridized carbons (Fsp3) is 0.800. The number of hydrogen-bond donors (Lipinski definition) is 8. The van der Waals surface area contributed by atoms with Gasteiger partial charge < -0.3 is 43.8 Å². The molecule has 256 valence electrons. The SMILES string of the molecule is CCCCCCCCCCCCCCCC(=O)N[C@@H](CC(N)=O)C(=O)O.NCCCC[C@H](NC(=O)[C@@H](N)CC(N)=O)C(=O)O. The second kappa shape index (κ2) is 28.5. The number of carbonyl (C=O) groups excluding carboxylic acids is 4. The van der Waals surface area contributed by atoms with Crippen LogP contribution in [0.5, 0.6) is 0 Å². The average molecular weight is 631 g/mol. The average Bonchev–Trinajstić information content (AvgIpc) is 2.94. The number of primary amides is 2. The second-order valence-corrected chi connectivity index (χ2v) is 11.1. The van der Waals surface area contributed by atoms with Gasteiger partial charge in [-0.1, -0.05) is 84.0 Å². The zero-order valence-corrected chi connectivity index (χ0v) is 26.5. The van der Waals surface area contributed by atoms with E-state index >= 15 is 0 Å². The van der Waals surface area contributed by atoms with E-state index in [2.05, 4.69) is 17.6 Å². The summed E-state index contributed by atoms with van der Waals surface area (Å²) in [4.78, 5) is 66.4. The lowest BCUT2D eigenvalue weighted by atomic mass is 10.0. The summed E-state index contributed by atoms with van der Waals surface area (Å²) >= 11 is 0. The summed E-state index contributed by atoms with van der Waals surface area (Å²) < 4.78 is 0. The van der Waals surface area contributed by atoms with Gasteiger partial charge >= 0.3 is 11.9 Å². The molecule has 44 heavy (non-hydrogen) atoms. The number of aliphatic carboxylic acids is 2. The molecule has 0 heterocycles. The number of carboxylic acid groups (broad SMARTS) is 2. The van der Waals surface area contributed by atoms with Gasteiger partial charge in [0.15, 0.2) is 0 Å². The number of carbonyl (C=O) groups is 6. The van der Waals surface area contributed by atoms with Gasteiger partial charge in [0.05, 0.1) is 18.9 Å². The summed E-state index contributed by atoms with van der Waals surface area (Å²) in [7, 11) is 0. The monoisotopic (exact) mass is 630 g/mol. The van der Waals surface area contributed by atoms with E-state index in [1.165, 1.54) is 64.2 Å². The van der Waals surface area contributed by atoms with Crippen LogP contribution in [0.3, 0.4) is 0 Å². The predicted molar refractivity (Wildman–Crippen MR) is 168 cm³/mol. The maximum atomic E-state index is 11.7. The van der Waals surface area contributed by atoms with Crippen molar-refractivity contribution in [3.63, 3.8) is 0 Å². The molecule has 0 aromatic heterocycles. The molecule has 0 aliphatic rings. The highest BCUT2D eigenvalue weighted by atomic mass is 16.4. The Hall–Kier alpha value is -3.26. The molecule has 0 aromatic rings. The second-order valence-electron chi connectivity index (χ2n) is 11.1. The van der Waals surface area contributed by atoms with Gasteiger partial charge in [0, 0.05) is 6.42 Å². The van der Waals surface area contributed by atoms with Gasteiger partial charge in [-0.15, -0.1) is 0 Å². The Balaban J connectivity index is 0. The number of unbranched alkanes of at least 4 members (excludes halogenated alkanes) is 13. The Morgan fingerprint density at radius 2 is 1.07 bits per heavy atom. The molecule has 0 fully saturated rings. The van der Waals surface area contributed by atoms with Crippen molar-refractivity contribution in [1.29, 1.82) is 0 Å². The molecule has 0 spiro atoms. The molecular weight excluding hydrogens is 572 g/mol. The zero-order chi connectivity index (χ0) is 33.8. The first-order valence-electron chi connectivity index (χ1n) is 15.9. The molecule has 0 saturated carbocycles. The first kappa shape index (κ1) is 42.9. The van der Waals surface area contributed by atoms with Crippen LogP contribution in [0.1, 0.15) is 129 Å². The number of amides is 4. The van der Waals surface area contributed by atoms with Crippen molar-refractivity contribution < 1.29 is 39.0 Å². The lowest BCUT2D eigenvalue weighted by Gasteiger charge is -2.17. The van der Waals surface area contributed by atoms with E-state index in [1.807, 2.05) is 0 Å². The van der Waals surface area contributed by atoms with E-state index in [4.69, 9.17) is 33.1 Å². The first-order valence-corrected chi connectivity index (χ1v) is 15.9. The molecule has 12 N–H and O–H groups in total. The highest BCUT2D eigenvalue weighted by Crippen LogP contribution is 2.13. The van der Waals surface area contributed by atoms with E-state index in [-0.39, 0.29) is 25.2 Å². The summed E-state index contributed by atoms with van der Waals surface area (Å²) in [5, 5.41) is 22.5. The van der Waals surface area contributed by atoms with Crippen LogP contribution in [-0.4, -0.2) is 70.5 Å². The first-order chi connectivity index (χ1) is 20.8. The summed E-state index contributed by atoms with van der Waals surface area (Å²) in [6.07, 6.45) is 17.1. The molecule has 0 saturated heterocycles. The summed E-state index contributed by atoms with van der Waals surface area (Å²) in [5.74, 6) is -4.86. The van der Waals surface area contributed by atoms with Gasteiger partial charge in [-0.3, -0.25) is 19.2 Å². The summed E-state index contributed by atoms with van der Waals surface area (Å²) in [5.41, 5.74) is 20.6. The Labute approximate surface area is 261 Å². The van der Waals surface area contributed by atoms with Gasteiger partial charge in [0.2, 0.25) is 23.6 Å². The largest absolute Gasteiger partial charge is 0.480 e. The van der Waals surface area contributed by atoms with Crippen molar-refractivity contribution in [3.8, 4) is 0 Å². The third kappa shape index (κ3) is 27.6. The van der Waals surface area contributed by atoms with Crippen molar-refractivity contribution in [2.24, 2.45) is 22.9 Å². The van der Waals surface area contributed by atoms with Crippen LogP contribution >= 0.6 is 0 Å². The van der Waals surface area contributed by atoms with Gasteiger partial charge in [-0.05, 0) is 32.2 Å². The molecule has 0 rings (SSSR count). The molecule has 4 amide bonds. The quantitative estimate of drug-likeness (QED) is 0.0609. The smallest absolute Gasteiger partial charge is 0.326 e. The Morgan fingerprint density at radius 3 is 1.48 bits per heavy atom. The van der Waals surface area contributed by atoms with Gasteiger partial charge in [-0.25, -0.2) is 9.59 Å². The lowest BCUT2D eigenvalue weighted by Crippen LogP contribution is -2.49. The molecule has 0 unspecified atom stereocenters. The molecule has 14 nitrogen and oxygen atoms in total. The van der Waals surface area contributed by atoms with Crippen LogP contribution in [0.2, 0.25) is 0 Å². The van der Waals surface area contributed by atoms with Crippen LogP contribution < -0.4 is 33.6 Å². The Kier molecular flexibility index (Phi) is 27.8. The van der Waals surface area contributed by atoms with E-state index in [1.54, 1.807) is 0 Å². The Morgan fingerprint density at radius 1 is 0.614 bits per heavy atom. The zero-order valence-electron chi connectivity index (χ0n) is 26.5. The molecular formula is C30H58N6O8. The maximum Gasteiger partial charge on any atom is 0.326 e. The minimum Gasteiger partial charge on any atom is -0.480 e. The van der Waals surface area contributed by atoms with E-state index in [0.29, 0.717) is 25.8 Å². The summed E-state index contributed by atoms with van der Waals surface area (Å²) in [6.45, 7) is 2.70. The van der Waals surface area contributed by atoms with Crippen LogP contribution in [0, 0.1) is 0 Å². The number of carboxylic acids is 2. The van der Waals surface area contributed by atoms with Gasteiger partial charge in [-0.2, -0.15) is 0 Å². The third-order valence-corrected chi connectivity index (χ3v) is 6.87. The fourth-order valence-corrected chi connectivity index (χ4v) is 4.31. The summed E-state index contributed by atoms with van der Waals surface area (Å²) in [6, 6.07) is -3.37. The number of hydrogen-bond acceptors (Lipinski definition) is 8. The molecule has 3 atom stereocenters. The third-order valence-electron chi connectivity index (χ3n) is 6.87. The predicted octanol–water partition coefficient (Wildman–Crippen LogP) is 1.80. The van der Waals surface area contributed by atoms with Crippen LogP contribution in [-0.2, 0) is 28.8 Å². The van der Waals surface area contributed by atoms with Crippen molar-refractivity contribution in [2.45, 2.75) is 147 Å². The van der Waals surface area contributed by atoms with Crippen molar-refractivity contribution in [3.05, 3.63) is 0 Å². The fourth-order valence-electron chi connectivity index (χ4n) is 4.31. The van der Waals surface area contributed by atoms with Crippen molar-refractivity contribution in [1.82, 2.24) is 10.6 Å². The molecule has 14 heteroatoms. The number of rotatable bonds is 27. The minimum absolute atomic E-state index is 0.265.